The maximum Gasteiger partial charge on any atom is 0.0897 e. The number of hydrogen-bond donors (Lipinski definition) is 8. The van der Waals surface area contributed by atoms with Crippen molar-refractivity contribution in [2.45, 2.75) is 37.5 Å². The maximum absolute atomic E-state index is 9.73. The molecule has 30 heavy (non-hydrogen) atoms. The first-order valence-electron chi connectivity index (χ1n) is 9.84. The van der Waals surface area contributed by atoms with Crippen molar-refractivity contribution in [1.29, 1.82) is 0 Å². The lowest BCUT2D eigenvalue weighted by Crippen LogP contribution is -2.40. The molecule has 0 saturated carbocycles. The van der Waals surface area contributed by atoms with Gasteiger partial charge in [0.25, 0.3) is 0 Å². The minimum absolute atomic E-state index is 0.0926. The lowest BCUT2D eigenvalue weighted by atomic mass is 10.1. The van der Waals surface area contributed by atoms with E-state index in [-0.39, 0.29) is 26.2 Å². The average Bonchev–Trinajstić information content (AvgIpc) is 2.73. The van der Waals surface area contributed by atoms with Gasteiger partial charge in [-0.2, -0.15) is 0 Å². The summed E-state index contributed by atoms with van der Waals surface area (Å²) in [5, 5.41) is 75.3. The highest BCUT2D eigenvalue weighted by Gasteiger charge is 2.18. The van der Waals surface area contributed by atoms with Crippen molar-refractivity contribution < 1.29 is 40.9 Å². The van der Waals surface area contributed by atoms with Gasteiger partial charge < -0.3 is 40.9 Å². The average molecular weight is 434 g/mol. The molecule has 0 aromatic carbocycles. The predicted molar refractivity (Wildman–Crippen MR) is 107 cm³/mol. The molecule has 1 heterocycles. The summed E-state index contributed by atoms with van der Waals surface area (Å²) in [5.41, 5.74) is 1.52. The smallest absolute Gasteiger partial charge is 0.0897 e. The summed E-state index contributed by atoms with van der Waals surface area (Å²) in [7, 11) is 0. The molecule has 1 rings (SSSR count). The van der Waals surface area contributed by atoms with E-state index in [9.17, 15) is 20.4 Å². The van der Waals surface area contributed by atoms with Crippen LogP contribution in [0.5, 0.6) is 0 Å². The Morgan fingerprint density at radius 1 is 0.600 bits per heavy atom. The highest BCUT2D eigenvalue weighted by molar-refractivity contribution is 5.18. The molecule has 0 spiro atoms. The molecule has 174 valence electrons. The van der Waals surface area contributed by atoms with Gasteiger partial charge in [-0.05, 0) is 11.1 Å². The van der Waals surface area contributed by atoms with E-state index < -0.39 is 50.8 Å². The topological polar surface area (TPSA) is 181 Å². The maximum atomic E-state index is 9.73. The Kier molecular flexibility index (Phi) is 13.1. The second kappa shape index (κ2) is 14.7. The molecule has 11 nitrogen and oxygen atoms in total. The van der Waals surface area contributed by atoms with E-state index in [1.165, 1.54) is 0 Å². The zero-order valence-corrected chi connectivity index (χ0v) is 17.0. The summed E-state index contributed by atoms with van der Waals surface area (Å²) in [6.45, 7) is -0.756. The number of nitrogens with zero attached hydrogens (tertiary/aromatic N) is 3. The van der Waals surface area contributed by atoms with E-state index >= 15 is 0 Å². The molecular formula is C19H35N3O8. The molecule has 0 aliphatic rings. The predicted octanol–water partition coefficient (Wildman–Crippen LogP) is -3.90. The van der Waals surface area contributed by atoms with E-state index in [0.717, 1.165) is 11.1 Å². The minimum atomic E-state index is -0.998. The number of hydrogen-bond acceptors (Lipinski definition) is 11. The highest BCUT2D eigenvalue weighted by atomic mass is 16.3. The summed E-state index contributed by atoms with van der Waals surface area (Å²) < 4.78 is 0. The molecule has 0 amide bonds. The van der Waals surface area contributed by atoms with Crippen LogP contribution in [0.1, 0.15) is 11.1 Å². The van der Waals surface area contributed by atoms with Crippen LogP contribution in [0.25, 0.3) is 0 Å². The summed E-state index contributed by atoms with van der Waals surface area (Å²) in [5.74, 6) is 0. The van der Waals surface area contributed by atoms with Crippen LogP contribution in [-0.2, 0) is 13.1 Å². The van der Waals surface area contributed by atoms with Crippen LogP contribution in [0.3, 0.4) is 0 Å². The Labute approximate surface area is 176 Å². The van der Waals surface area contributed by atoms with Crippen molar-refractivity contribution >= 4 is 0 Å². The van der Waals surface area contributed by atoms with E-state index in [1.54, 1.807) is 22.2 Å². The van der Waals surface area contributed by atoms with Crippen molar-refractivity contribution in [3.05, 3.63) is 29.6 Å². The van der Waals surface area contributed by atoms with Gasteiger partial charge >= 0.3 is 0 Å². The van der Waals surface area contributed by atoms with Gasteiger partial charge in [0.05, 0.1) is 50.8 Å². The number of aliphatic hydroxyl groups is 8. The van der Waals surface area contributed by atoms with Gasteiger partial charge in [-0.1, -0.05) is 6.07 Å². The lowest BCUT2D eigenvalue weighted by Gasteiger charge is -2.27. The normalized spacial score (nSPS) is 16.1. The summed E-state index contributed by atoms with van der Waals surface area (Å²) in [6.07, 6.45) is -0.763. The number of aromatic nitrogens is 1. The molecule has 4 unspecified atom stereocenters. The zero-order valence-electron chi connectivity index (χ0n) is 17.0. The molecule has 0 bridgehead atoms. The number of aliphatic hydroxyl groups excluding tert-OH is 8. The van der Waals surface area contributed by atoms with Crippen LogP contribution in [-0.4, -0.2) is 133 Å². The molecule has 0 aliphatic heterocycles. The van der Waals surface area contributed by atoms with Gasteiger partial charge in [0, 0.05) is 51.7 Å². The van der Waals surface area contributed by atoms with Gasteiger partial charge in [-0.15, -0.1) is 0 Å². The number of rotatable bonds is 16. The molecule has 0 aliphatic carbocycles. The highest BCUT2D eigenvalue weighted by Crippen LogP contribution is 2.11. The van der Waals surface area contributed by atoms with Crippen molar-refractivity contribution in [2.24, 2.45) is 0 Å². The van der Waals surface area contributed by atoms with Crippen LogP contribution in [0.15, 0.2) is 18.5 Å². The Morgan fingerprint density at radius 2 is 0.900 bits per heavy atom. The zero-order chi connectivity index (χ0) is 22.5. The quantitative estimate of drug-likeness (QED) is 0.128. The molecule has 4 atom stereocenters. The Hall–Kier alpha value is -1.25. The second-order valence-corrected chi connectivity index (χ2v) is 7.44. The van der Waals surface area contributed by atoms with Gasteiger partial charge in [0.1, 0.15) is 0 Å². The molecule has 1 aromatic heterocycles. The van der Waals surface area contributed by atoms with Gasteiger partial charge in [-0.3, -0.25) is 14.8 Å². The molecule has 0 radical (unpaired) electrons. The van der Waals surface area contributed by atoms with Gasteiger partial charge in [-0.25, -0.2) is 0 Å². The van der Waals surface area contributed by atoms with E-state index in [2.05, 4.69) is 4.98 Å². The first-order chi connectivity index (χ1) is 14.3. The summed E-state index contributed by atoms with van der Waals surface area (Å²) in [6, 6.07) is 1.83. The first kappa shape index (κ1) is 26.8. The largest absolute Gasteiger partial charge is 0.394 e. The SMILES string of the molecule is OCC(O)CN(Cc1cncc(CN(CC(O)CO)CC(O)CO)c1)CC(O)CO. The van der Waals surface area contributed by atoms with E-state index in [4.69, 9.17) is 20.4 Å². The van der Waals surface area contributed by atoms with Gasteiger partial charge in [0.2, 0.25) is 0 Å². The van der Waals surface area contributed by atoms with Crippen LogP contribution < -0.4 is 0 Å². The van der Waals surface area contributed by atoms with Crippen molar-refractivity contribution in [3.63, 3.8) is 0 Å². The monoisotopic (exact) mass is 433 g/mol. The fourth-order valence-electron chi connectivity index (χ4n) is 3.06. The Morgan fingerprint density at radius 3 is 1.17 bits per heavy atom. The fourth-order valence-corrected chi connectivity index (χ4v) is 3.06. The van der Waals surface area contributed by atoms with Crippen molar-refractivity contribution in [1.82, 2.24) is 14.8 Å². The molecule has 1 aromatic rings. The number of pyridine rings is 1. The van der Waals surface area contributed by atoms with Gasteiger partial charge in [0.15, 0.2) is 0 Å². The molecular weight excluding hydrogens is 398 g/mol. The van der Waals surface area contributed by atoms with E-state index in [1.807, 2.05) is 6.07 Å². The fraction of sp³-hybridized carbons (Fsp3) is 0.737. The van der Waals surface area contributed by atoms with Crippen LogP contribution in [0, 0.1) is 0 Å². The molecule has 0 saturated heterocycles. The molecule has 0 fully saturated rings. The van der Waals surface area contributed by atoms with Crippen LogP contribution in [0.4, 0.5) is 0 Å². The van der Waals surface area contributed by atoms with Crippen LogP contribution >= 0.6 is 0 Å². The minimum Gasteiger partial charge on any atom is -0.394 e. The van der Waals surface area contributed by atoms with Crippen LogP contribution in [0.2, 0.25) is 0 Å². The van der Waals surface area contributed by atoms with Crippen molar-refractivity contribution in [2.75, 3.05) is 52.6 Å². The second-order valence-electron chi connectivity index (χ2n) is 7.44. The molecule has 8 N–H and O–H groups in total. The third kappa shape index (κ3) is 10.7. The molecule has 11 heteroatoms. The third-order valence-corrected chi connectivity index (χ3v) is 4.38. The first-order valence-corrected chi connectivity index (χ1v) is 9.84. The van der Waals surface area contributed by atoms with E-state index in [0.29, 0.717) is 13.1 Å². The summed E-state index contributed by atoms with van der Waals surface area (Å²) in [4.78, 5) is 7.56. The lowest BCUT2D eigenvalue weighted by molar-refractivity contribution is 0.0198. The Bertz CT molecular complexity index is 513. The third-order valence-electron chi connectivity index (χ3n) is 4.38. The standard InChI is InChI=1S/C19H35N3O8/c23-10-16(27)6-21(7-17(28)11-24)4-14-1-15(3-20-2-14)5-22(8-18(29)12-25)9-19(30)13-26/h1-3,16-19,23-30H,4-13H2. The Balaban J connectivity index is 2.88. The van der Waals surface area contributed by atoms with Crippen molar-refractivity contribution in [3.8, 4) is 0 Å². The summed E-state index contributed by atoms with van der Waals surface area (Å²) >= 11 is 0.